The van der Waals surface area contributed by atoms with Gasteiger partial charge in [-0.3, -0.25) is 14.9 Å². The molecule has 0 aliphatic carbocycles. The summed E-state index contributed by atoms with van der Waals surface area (Å²) in [6.07, 6.45) is 2.65. The fourth-order valence-electron chi connectivity index (χ4n) is 2.71. The second-order valence-electron chi connectivity index (χ2n) is 5.25. The predicted molar refractivity (Wildman–Crippen MR) is 94.2 cm³/mol. The Labute approximate surface area is 144 Å². The highest BCUT2D eigenvalue weighted by Gasteiger charge is 2.27. The Kier molecular flexibility index (Phi) is 5.56. The highest BCUT2D eigenvalue weighted by Crippen LogP contribution is 2.37. The van der Waals surface area contributed by atoms with Gasteiger partial charge in [-0.1, -0.05) is 12.1 Å². The Morgan fingerprint density at radius 1 is 1.43 bits per heavy atom. The first kappa shape index (κ1) is 17.7. The molecule has 0 bridgehead atoms. The van der Waals surface area contributed by atoms with Gasteiger partial charge in [-0.15, -0.1) is 12.4 Å². The average molecular weight is 356 g/mol. The van der Waals surface area contributed by atoms with Crippen molar-refractivity contribution in [3.05, 3.63) is 28.7 Å². The lowest BCUT2D eigenvalue weighted by atomic mass is 10.1. The Bertz CT molecular complexity index is 665. The molecule has 0 radical (unpaired) electrons. The van der Waals surface area contributed by atoms with Crippen LogP contribution in [0.2, 0.25) is 0 Å². The van der Waals surface area contributed by atoms with Gasteiger partial charge < -0.3 is 15.4 Å². The third-order valence-corrected chi connectivity index (χ3v) is 4.53. The molecule has 8 heteroatoms. The van der Waals surface area contributed by atoms with E-state index in [-0.39, 0.29) is 29.6 Å². The van der Waals surface area contributed by atoms with Gasteiger partial charge in [-0.2, -0.15) is 0 Å². The number of nitrogens with zero attached hydrogens (tertiary/aromatic N) is 1. The monoisotopic (exact) mass is 355 g/mol. The number of carbonyl (C=O) groups excluding carboxylic acids is 2. The number of methoxy groups -OCH3 is 1. The molecule has 0 spiro atoms. The number of rotatable bonds is 3. The number of carbonyl (C=O) groups is 2. The molecule has 1 atom stereocenters. The van der Waals surface area contributed by atoms with Crippen LogP contribution < -0.4 is 20.7 Å². The van der Waals surface area contributed by atoms with E-state index in [1.54, 1.807) is 13.2 Å². The van der Waals surface area contributed by atoms with Gasteiger partial charge in [0.05, 0.1) is 17.7 Å². The van der Waals surface area contributed by atoms with Crippen molar-refractivity contribution in [3.63, 3.8) is 0 Å². The SMILES string of the molecule is COc1cccc(/C=C2\SC(=O)NC2=O)c1N1CC[C@H](N)C1.Cl. The molecule has 124 valence electrons. The number of thioether (sulfide) groups is 1. The molecule has 2 heterocycles. The molecule has 1 aromatic carbocycles. The van der Waals surface area contributed by atoms with Gasteiger partial charge in [-0.25, -0.2) is 0 Å². The van der Waals surface area contributed by atoms with Crippen LogP contribution in [0.5, 0.6) is 5.75 Å². The largest absolute Gasteiger partial charge is 0.495 e. The van der Waals surface area contributed by atoms with Gasteiger partial charge >= 0.3 is 0 Å². The van der Waals surface area contributed by atoms with E-state index < -0.39 is 0 Å². The van der Waals surface area contributed by atoms with E-state index in [1.807, 2.05) is 18.2 Å². The van der Waals surface area contributed by atoms with E-state index in [4.69, 9.17) is 10.5 Å². The fraction of sp³-hybridized carbons (Fsp3) is 0.333. The van der Waals surface area contributed by atoms with Crippen LogP contribution in [0.25, 0.3) is 6.08 Å². The second kappa shape index (κ2) is 7.25. The van der Waals surface area contributed by atoms with E-state index in [2.05, 4.69) is 10.2 Å². The minimum atomic E-state index is -0.359. The van der Waals surface area contributed by atoms with E-state index in [0.717, 1.165) is 48.3 Å². The maximum Gasteiger partial charge on any atom is 0.290 e. The van der Waals surface area contributed by atoms with Crippen molar-refractivity contribution in [2.45, 2.75) is 12.5 Å². The third kappa shape index (κ3) is 3.63. The summed E-state index contributed by atoms with van der Waals surface area (Å²) in [5.74, 6) is 0.375. The van der Waals surface area contributed by atoms with Crippen molar-refractivity contribution in [1.29, 1.82) is 0 Å². The zero-order valence-electron chi connectivity index (χ0n) is 12.6. The standard InChI is InChI=1S/C15H17N3O3S.ClH/c1-21-11-4-2-3-9(7-12-14(19)17-15(20)22-12)13(11)18-6-5-10(16)8-18;/h2-4,7,10H,5-6,8,16H2,1H3,(H,17,19,20);1H/b12-7-;/t10-;/m0./s1. The second-order valence-corrected chi connectivity index (χ2v) is 6.26. The number of halogens is 1. The lowest BCUT2D eigenvalue weighted by Crippen LogP contribution is -2.27. The van der Waals surface area contributed by atoms with E-state index in [9.17, 15) is 9.59 Å². The number of nitrogens with one attached hydrogen (secondary N) is 1. The van der Waals surface area contributed by atoms with Crippen molar-refractivity contribution in [1.82, 2.24) is 5.32 Å². The van der Waals surface area contributed by atoms with Crippen LogP contribution in [0.1, 0.15) is 12.0 Å². The number of hydrogen-bond donors (Lipinski definition) is 2. The van der Waals surface area contributed by atoms with Gasteiger partial charge in [0.15, 0.2) is 0 Å². The zero-order valence-corrected chi connectivity index (χ0v) is 14.2. The van der Waals surface area contributed by atoms with Crippen LogP contribution >= 0.6 is 24.2 Å². The van der Waals surface area contributed by atoms with Crippen LogP contribution in [-0.4, -0.2) is 37.4 Å². The number of benzene rings is 1. The number of imide groups is 1. The number of anilines is 1. The summed E-state index contributed by atoms with van der Waals surface area (Å²) in [6.45, 7) is 1.59. The minimum absolute atomic E-state index is 0. The van der Waals surface area contributed by atoms with Crippen molar-refractivity contribution >= 4 is 47.1 Å². The predicted octanol–water partition coefficient (Wildman–Crippen LogP) is 1.98. The first-order valence-electron chi connectivity index (χ1n) is 7.01. The Morgan fingerprint density at radius 2 is 2.22 bits per heavy atom. The van der Waals surface area contributed by atoms with E-state index in [1.165, 1.54) is 0 Å². The molecule has 3 rings (SSSR count). The molecule has 23 heavy (non-hydrogen) atoms. The topological polar surface area (TPSA) is 84.7 Å². The minimum Gasteiger partial charge on any atom is -0.495 e. The van der Waals surface area contributed by atoms with Gasteiger partial charge in [0, 0.05) is 24.7 Å². The summed E-state index contributed by atoms with van der Waals surface area (Å²) in [7, 11) is 1.62. The van der Waals surface area contributed by atoms with E-state index in [0.29, 0.717) is 4.91 Å². The van der Waals surface area contributed by atoms with Crippen LogP contribution in [0.4, 0.5) is 10.5 Å². The first-order chi connectivity index (χ1) is 10.6. The summed E-state index contributed by atoms with van der Waals surface area (Å²) in [6, 6.07) is 5.79. The number of para-hydroxylation sites is 1. The Hall–Kier alpha value is -1.70. The fourth-order valence-corrected chi connectivity index (χ4v) is 3.38. The van der Waals surface area contributed by atoms with Crippen molar-refractivity contribution in [2.24, 2.45) is 5.73 Å². The Morgan fingerprint density at radius 3 is 2.78 bits per heavy atom. The molecule has 6 nitrogen and oxygen atoms in total. The van der Waals surface area contributed by atoms with Crippen molar-refractivity contribution in [3.8, 4) is 5.75 Å². The number of nitrogens with two attached hydrogens (primary N) is 1. The van der Waals surface area contributed by atoms with Gasteiger partial charge in [0.1, 0.15) is 5.75 Å². The van der Waals surface area contributed by atoms with Gasteiger partial charge in [0.25, 0.3) is 11.1 Å². The molecule has 2 fully saturated rings. The quantitative estimate of drug-likeness (QED) is 0.806. The summed E-state index contributed by atoms with van der Waals surface area (Å²) in [5, 5.41) is 1.92. The molecule has 1 aromatic rings. The highest BCUT2D eigenvalue weighted by atomic mass is 35.5. The number of amides is 2. The molecule has 2 amide bonds. The smallest absolute Gasteiger partial charge is 0.290 e. The molecule has 0 aromatic heterocycles. The normalized spacial score (nSPS) is 22.3. The lowest BCUT2D eigenvalue weighted by Gasteiger charge is -2.23. The molecular formula is C15H18ClN3O3S. The summed E-state index contributed by atoms with van der Waals surface area (Å²) in [4.78, 5) is 25.6. The molecule has 0 unspecified atom stereocenters. The molecule has 2 aliphatic heterocycles. The van der Waals surface area contributed by atoms with Crippen LogP contribution in [0.3, 0.4) is 0 Å². The summed E-state index contributed by atoms with van der Waals surface area (Å²) >= 11 is 0.911. The molecular weight excluding hydrogens is 338 g/mol. The maximum absolute atomic E-state index is 11.7. The summed E-state index contributed by atoms with van der Waals surface area (Å²) < 4.78 is 5.46. The van der Waals surface area contributed by atoms with Crippen LogP contribution in [-0.2, 0) is 4.79 Å². The summed E-state index contributed by atoms with van der Waals surface area (Å²) in [5.41, 5.74) is 7.76. The van der Waals surface area contributed by atoms with Crippen LogP contribution in [0, 0.1) is 0 Å². The van der Waals surface area contributed by atoms with Crippen molar-refractivity contribution in [2.75, 3.05) is 25.1 Å². The molecule has 0 saturated carbocycles. The number of hydrogen-bond acceptors (Lipinski definition) is 6. The van der Waals surface area contributed by atoms with Crippen molar-refractivity contribution < 1.29 is 14.3 Å². The Balaban J connectivity index is 0.00000192. The van der Waals surface area contributed by atoms with Gasteiger partial charge in [0.2, 0.25) is 0 Å². The van der Waals surface area contributed by atoms with Crippen LogP contribution in [0.15, 0.2) is 23.1 Å². The zero-order chi connectivity index (χ0) is 15.7. The maximum atomic E-state index is 11.7. The average Bonchev–Trinajstić information content (AvgIpc) is 3.04. The molecule has 2 saturated heterocycles. The molecule has 2 aliphatic rings. The van der Waals surface area contributed by atoms with E-state index >= 15 is 0 Å². The molecule has 3 N–H and O–H groups in total. The number of ether oxygens (including phenoxy) is 1. The highest BCUT2D eigenvalue weighted by molar-refractivity contribution is 8.18. The lowest BCUT2D eigenvalue weighted by molar-refractivity contribution is -0.115. The first-order valence-corrected chi connectivity index (χ1v) is 7.82. The van der Waals surface area contributed by atoms with Gasteiger partial charge in [-0.05, 0) is 30.3 Å². The third-order valence-electron chi connectivity index (χ3n) is 3.72.